The first kappa shape index (κ1) is 23.1. The molecule has 2 aromatic carbocycles. The fourth-order valence-electron chi connectivity index (χ4n) is 3.59. The van der Waals surface area contributed by atoms with Gasteiger partial charge in [0, 0.05) is 33.5 Å². The third-order valence-electron chi connectivity index (χ3n) is 5.34. The molecule has 3 aromatic heterocycles. The number of phenolic OH excluding ortho intramolecular Hbond substituents is 1. The summed E-state index contributed by atoms with van der Waals surface area (Å²) in [5.74, 6) is -0.337. The number of hydrogen-bond donors (Lipinski definition) is 3. The van der Waals surface area contributed by atoms with Gasteiger partial charge in [-0.2, -0.15) is 5.10 Å². The smallest absolute Gasteiger partial charge is 0.283 e. The monoisotopic (exact) mass is 515 g/mol. The van der Waals surface area contributed by atoms with E-state index < -0.39 is 10.8 Å². The molecule has 36 heavy (non-hydrogen) atoms. The van der Waals surface area contributed by atoms with Gasteiger partial charge >= 0.3 is 0 Å². The number of nitrogens with two attached hydrogens (primary N) is 1. The van der Waals surface area contributed by atoms with Gasteiger partial charge in [0.2, 0.25) is 0 Å². The predicted octanol–water partition coefficient (Wildman–Crippen LogP) is 5.65. The normalized spacial score (nSPS) is 11.2. The number of phenols is 1. The second-order valence-corrected chi connectivity index (χ2v) is 9.60. The van der Waals surface area contributed by atoms with Gasteiger partial charge in [0.1, 0.15) is 15.5 Å². The van der Waals surface area contributed by atoms with Gasteiger partial charge in [-0.3, -0.25) is 14.9 Å². The summed E-state index contributed by atoms with van der Waals surface area (Å²) in [6.45, 7) is 0. The number of aromatic nitrogens is 1. The minimum absolute atomic E-state index is 0.00880. The Labute approximate surface area is 212 Å². The first-order valence-electron chi connectivity index (χ1n) is 10.5. The van der Waals surface area contributed by atoms with E-state index in [1.54, 1.807) is 24.3 Å². The third-order valence-corrected chi connectivity index (χ3v) is 7.34. The van der Waals surface area contributed by atoms with E-state index in [1.807, 2.05) is 23.6 Å². The number of carbonyl (C=O) groups is 1. The number of anilines is 1. The number of nitro groups is 1. The number of hydrogen-bond acceptors (Lipinski definition) is 9. The van der Waals surface area contributed by atoms with Gasteiger partial charge < -0.3 is 10.8 Å². The van der Waals surface area contributed by atoms with Crippen molar-refractivity contribution in [2.45, 2.75) is 0 Å². The molecule has 0 saturated heterocycles. The summed E-state index contributed by atoms with van der Waals surface area (Å²) < 4.78 is 0. The van der Waals surface area contributed by atoms with Crippen LogP contribution in [0, 0.1) is 10.1 Å². The number of amides is 1. The van der Waals surface area contributed by atoms with E-state index in [0.29, 0.717) is 32.7 Å². The maximum absolute atomic E-state index is 12.9. The Hall–Kier alpha value is -4.61. The van der Waals surface area contributed by atoms with Gasteiger partial charge in [-0.1, -0.05) is 6.07 Å². The number of aromatic hydroxyl groups is 1. The maximum atomic E-state index is 12.9. The largest absolute Gasteiger partial charge is 0.508 e. The zero-order valence-corrected chi connectivity index (χ0v) is 20.0. The van der Waals surface area contributed by atoms with Crippen molar-refractivity contribution in [3.05, 3.63) is 92.7 Å². The first-order chi connectivity index (χ1) is 17.4. The molecule has 0 saturated carbocycles. The van der Waals surface area contributed by atoms with E-state index in [0.717, 1.165) is 21.8 Å². The molecule has 9 nitrogen and oxygen atoms in total. The Morgan fingerprint density at radius 1 is 1.14 bits per heavy atom. The molecule has 0 spiro atoms. The second kappa shape index (κ2) is 9.56. The standard InChI is InChI=1S/C25H17N5O4S2/c26-22-21-18(20-2-1-11-35-20)12-19(15-5-7-16(8-6-15)30(33)34)28-25(21)36-23(22)24(32)29-27-13-14-3-9-17(31)10-4-14/h1-13,31H,26H2,(H,29,32)/b27-13+. The molecule has 1 amide bonds. The molecule has 11 heteroatoms. The van der Waals surface area contributed by atoms with Gasteiger partial charge in [-0.05, 0) is 59.5 Å². The number of carbonyl (C=O) groups excluding carboxylic acids is 1. The maximum Gasteiger partial charge on any atom is 0.283 e. The number of rotatable bonds is 6. The molecule has 0 aliphatic rings. The van der Waals surface area contributed by atoms with E-state index in [-0.39, 0.29) is 16.3 Å². The van der Waals surface area contributed by atoms with E-state index in [1.165, 1.54) is 41.8 Å². The Morgan fingerprint density at radius 2 is 1.89 bits per heavy atom. The van der Waals surface area contributed by atoms with Crippen LogP contribution in [0.4, 0.5) is 11.4 Å². The fraction of sp³-hybridized carbons (Fsp3) is 0. The number of hydrazone groups is 1. The van der Waals surface area contributed by atoms with Crippen molar-refractivity contribution in [1.82, 2.24) is 10.4 Å². The van der Waals surface area contributed by atoms with Crippen LogP contribution in [-0.2, 0) is 0 Å². The van der Waals surface area contributed by atoms with Crippen molar-refractivity contribution in [2.24, 2.45) is 5.10 Å². The Kier molecular flexibility index (Phi) is 6.15. The number of nitrogens with zero attached hydrogens (tertiary/aromatic N) is 3. The summed E-state index contributed by atoms with van der Waals surface area (Å²) in [5, 5.41) is 27.0. The van der Waals surface area contributed by atoms with Crippen LogP contribution in [0.3, 0.4) is 0 Å². The van der Waals surface area contributed by atoms with Crippen molar-refractivity contribution in [2.75, 3.05) is 5.73 Å². The van der Waals surface area contributed by atoms with Crippen LogP contribution in [0.2, 0.25) is 0 Å². The molecule has 4 N–H and O–H groups in total. The molecule has 5 rings (SSSR count). The lowest BCUT2D eigenvalue weighted by molar-refractivity contribution is -0.384. The van der Waals surface area contributed by atoms with Gasteiger partial charge in [0.15, 0.2) is 0 Å². The number of pyridine rings is 1. The molecular weight excluding hydrogens is 498 g/mol. The zero-order valence-electron chi connectivity index (χ0n) is 18.4. The molecular formula is C25H17N5O4S2. The van der Waals surface area contributed by atoms with E-state index in [9.17, 15) is 20.0 Å². The number of benzene rings is 2. The number of nitrogen functional groups attached to an aromatic ring is 1. The van der Waals surface area contributed by atoms with Gasteiger partial charge in [0.05, 0.1) is 22.5 Å². The molecule has 0 unspecified atom stereocenters. The summed E-state index contributed by atoms with van der Waals surface area (Å²) in [6, 6.07) is 18.3. The van der Waals surface area contributed by atoms with Crippen LogP contribution in [-0.4, -0.2) is 27.1 Å². The average Bonchev–Trinajstić information content (AvgIpc) is 3.53. The number of nitrogens with one attached hydrogen (secondary N) is 1. The fourth-order valence-corrected chi connectivity index (χ4v) is 5.35. The minimum Gasteiger partial charge on any atom is -0.508 e. The van der Waals surface area contributed by atoms with E-state index in [4.69, 9.17) is 10.7 Å². The molecule has 0 aliphatic heterocycles. The van der Waals surface area contributed by atoms with Crippen LogP contribution in [0.25, 0.3) is 31.9 Å². The highest BCUT2D eigenvalue weighted by Crippen LogP contribution is 2.42. The number of non-ortho nitro benzene ring substituents is 1. The highest BCUT2D eigenvalue weighted by Gasteiger charge is 2.22. The number of nitro benzene ring substituents is 1. The highest BCUT2D eigenvalue weighted by molar-refractivity contribution is 7.21. The van der Waals surface area contributed by atoms with Gasteiger partial charge in [0.25, 0.3) is 11.6 Å². The van der Waals surface area contributed by atoms with Gasteiger partial charge in [-0.15, -0.1) is 22.7 Å². The minimum atomic E-state index is -0.473. The summed E-state index contributed by atoms with van der Waals surface area (Å²) in [4.78, 5) is 30.0. The lowest BCUT2D eigenvalue weighted by Crippen LogP contribution is -2.17. The van der Waals surface area contributed by atoms with Crippen molar-refractivity contribution in [3.63, 3.8) is 0 Å². The SMILES string of the molecule is Nc1c(C(=O)N/N=C/c2ccc(O)cc2)sc2nc(-c3ccc([N+](=O)[O-])cc3)cc(-c3cccs3)c12. The van der Waals surface area contributed by atoms with Gasteiger partial charge in [-0.25, -0.2) is 10.4 Å². The summed E-state index contributed by atoms with van der Waals surface area (Å²) in [5.41, 5.74) is 12.1. The topological polar surface area (TPSA) is 144 Å². The lowest BCUT2D eigenvalue weighted by Gasteiger charge is -2.07. The van der Waals surface area contributed by atoms with Crippen molar-refractivity contribution >= 4 is 56.4 Å². The second-order valence-electron chi connectivity index (χ2n) is 7.65. The summed E-state index contributed by atoms with van der Waals surface area (Å²) >= 11 is 2.68. The van der Waals surface area contributed by atoms with E-state index >= 15 is 0 Å². The summed E-state index contributed by atoms with van der Waals surface area (Å²) in [7, 11) is 0. The van der Waals surface area contributed by atoms with Crippen LogP contribution in [0.5, 0.6) is 5.75 Å². The number of fused-ring (bicyclic) bond motifs is 1. The molecule has 0 radical (unpaired) electrons. The van der Waals surface area contributed by atoms with Crippen LogP contribution in [0.1, 0.15) is 15.2 Å². The number of thiophene rings is 2. The van der Waals surface area contributed by atoms with Crippen molar-refractivity contribution < 1.29 is 14.8 Å². The van der Waals surface area contributed by atoms with E-state index in [2.05, 4.69) is 10.5 Å². The lowest BCUT2D eigenvalue weighted by atomic mass is 10.0. The Morgan fingerprint density at radius 3 is 2.56 bits per heavy atom. The quantitative estimate of drug-likeness (QED) is 0.151. The Balaban J connectivity index is 1.53. The molecule has 0 aliphatic carbocycles. The Bertz CT molecular complexity index is 1610. The molecule has 0 fully saturated rings. The van der Waals surface area contributed by atoms with Crippen LogP contribution < -0.4 is 11.2 Å². The average molecular weight is 516 g/mol. The van der Waals surface area contributed by atoms with Crippen molar-refractivity contribution in [1.29, 1.82) is 0 Å². The highest BCUT2D eigenvalue weighted by atomic mass is 32.1. The zero-order chi connectivity index (χ0) is 25.2. The molecule has 0 atom stereocenters. The molecule has 178 valence electrons. The van der Waals surface area contributed by atoms with Crippen molar-refractivity contribution in [3.8, 4) is 27.4 Å². The molecule has 0 bridgehead atoms. The van der Waals surface area contributed by atoms with Crippen LogP contribution in [0.15, 0.2) is 77.2 Å². The third kappa shape index (κ3) is 4.52. The van der Waals surface area contributed by atoms with Crippen LogP contribution >= 0.6 is 22.7 Å². The summed E-state index contributed by atoms with van der Waals surface area (Å²) in [6.07, 6.45) is 1.46. The molecule has 5 aromatic rings. The first-order valence-corrected chi connectivity index (χ1v) is 12.2. The predicted molar refractivity (Wildman–Crippen MR) is 143 cm³/mol. The molecule has 3 heterocycles.